The number of benzene rings is 2. The number of hydrogen-bond donors (Lipinski definition) is 3. The molecule has 1 aromatic heterocycles. The Bertz CT molecular complexity index is 1010. The highest BCUT2D eigenvalue weighted by Crippen LogP contribution is 2.23. The van der Waals surface area contributed by atoms with E-state index in [4.69, 9.17) is 0 Å². The molecular formula is C25H32N4O2. The van der Waals surface area contributed by atoms with Crippen LogP contribution < -0.4 is 10.6 Å². The van der Waals surface area contributed by atoms with Gasteiger partial charge in [0, 0.05) is 18.5 Å². The van der Waals surface area contributed by atoms with Crippen molar-refractivity contribution >= 4 is 22.8 Å². The Hall–Kier alpha value is -3.15. The van der Waals surface area contributed by atoms with Crippen molar-refractivity contribution in [2.24, 2.45) is 5.92 Å². The van der Waals surface area contributed by atoms with Gasteiger partial charge in [0.15, 0.2) is 0 Å². The number of hydrogen-bond acceptors (Lipinski definition) is 3. The molecule has 0 fully saturated rings. The quantitative estimate of drug-likeness (QED) is 0.526. The molecule has 0 aliphatic rings. The minimum Gasteiger partial charge on any atom is -0.352 e. The van der Waals surface area contributed by atoms with Gasteiger partial charge in [0.05, 0.1) is 17.1 Å². The van der Waals surface area contributed by atoms with Crippen LogP contribution in [0.15, 0.2) is 48.5 Å². The van der Waals surface area contributed by atoms with E-state index in [1.807, 2.05) is 62.4 Å². The topological polar surface area (TPSA) is 86.9 Å². The van der Waals surface area contributed by atoms with Gasteiger partial charge in [-0.3, -0.25) is 9.59 Å². The predicted molar refractivity (Wildman–Crippen MR) is 124 cm³/mol. The summed E-state index contributed by atoms with van der Waals surface area (Å²) >= 11 is 0. The van der Waals surface area contributed by atoms with E-state index in [0.29, 0.717) is 5.56 Å². The lowest BCUT2D eigenvalue weighted by Crippen LogP contribution is -2.35. The normalized spacial score (nSPS) is 12.7. The van der Waals surface area contributed by atoms with E-state index in [1.54, 1.807) is 0 Å². The minimum absolute atomic E-state index is 0.0416. The van der Waals surface area contributed by atoms with Crippen LogP contribution in [0, 0.1) is 5.92 Å². The molecular weight excluding hydrogens is 388 g/mol. The largest absolute Gasteiger partial charge is 0.352 e. The molecule has 0 bridgehead atoms. The zero-order chi connectivity index (χ0) is 22.6. The number of nitrogens with one attached hydrogen (secondary N) is 3. The van der Waals surface area contributed by atoms with Crippen LogP contribution in [0.4, 0.5) is 0 Å². The van der Waals surface area contributed by atoms with Crippen LogP contribution in [0.1, 0.15) is 68.8 Å². The fraction of sp³-hybridized carbons (Fsp3) is 0.400. The molecule has 0 aliphatic heterocycles. The van der Waals surface area contributed by atoms with E-state index < -0.39 is 0 Å². The molecule has 0 radical (unpaired) electrons. The van der Waals surface area contributed by atoms with Crippen LogP contribution in [-0.4, -0.2) is 28.3 Å². The lowest BCUT2D eigenvalue weighted by atomic mass is 9.87. The number of aromatic nitrogens is 2. The van der Waals surface area contributed by atoms with Crippen molar-refractivity contribution in [3.8, 4) is 0 Å². The van der Waals surface area contributed by atoms with Gasteiger partial charge >= 0.3 is 0 Å². The van der Waals surface area contributed by atoms with Crippen molar-refractivity contribution < 1.29 is 9.59 Å². The highest BCUT2D eigenvalue weighted by Gasteiger charge is 2.22. The first-order valence-electron chi connectivity index (χ1n) is 10.8. The summed E-state index contributed by atoms with van der Waals surface area (Å²) in [5, 5.41) is 5.88. The molecule has 2 amide bonds. The average molecular weight is 421 g/mol. The minimum atomic E-state index is -0.222. The van der Waals surface area contributed by atoms with Gasteiger partial charge in [0.25, 0.3) is 5.91 Å². The van der Waals surface area contributed by atoms with Crippen molar-refractivity contribution in [2.45, 2.75) is 52.5 Å². The molecule has 3 rings (SSSR count). The number of carbonyl (C=O) groups excluding carboxylic acids is 2. The van der Waals surface area contributed by atoms with Gasteiger partial charge in [-0.25, -0.2) is 4.98 Å². The molecule has 0 saturated heterocycles. The van der Waals surface area contributed by atoms with Crippen molar-refractivity contribution in [2.75, 3.05) is 6.54 Å². The second-order valence-corrected chi connectivity index (χ2v) is 9.26. The van der Waals surface area contributed by atoms with Gasteiger partial charge in [0.1, 0.15) is 5.82 Å². The van der Waals surface area contributed by atoms with Crippen LogP contribution >= 0.6 is 0 Å². The first-order valence-corrected chi connectivity index (χ1v) is 10.8. The zero-order valence-corrected chi connectivity index (χ0v) is 19.0. The van der Waals surface area contributed by atoms with Crippen molar-refractivity contribution in [1.82, 2.24) is 20.6 Å². The third-order valence-corrected chi connectivity index (χ3v) is 5.34. The molecule has 1 heterocycles. The Kier molecular flexibility index (Phi) is 6.78. The zero-order valence-electron chi connectivity index (χ0n) is 19.0. The van der Waals surface area contributed by atoms with Gasteiger partial charge < -0.3 is 15.6 Å². The second-order valence-electron chi connectivity index (χ2n) is 9.26. The molecule has 3 N–H and O–H groups in total. The van der Waals surface area contributed by atoms with E-state index in [0.717, 1.165) is 16.9 Å². The van der Waals surface area contributed by atoms with E-state index >= 15 is 0 Å². The first-order chi connectivity index (χ1) is 14.6. The summed E-state index contributed by atoms with van der Waals surface area (Å²) in [6.07, 6.45) is 0.204. The summed E-state index contributed by atoms with van der Waals surface area (Å²) in [6, 6.07) is 15.2. The first kappa shape index (κ1) is 22.5. The van der Waals surface area contributed by atoms with Gasteiger partial charge in [-0.15, -0.1) is 0 Å². The number of fused-ring (bicyclic) bond motifs is 1. The monoisotopic (exact) mass is 420 g/mol. The second kappa shape index (κ2) is 9.33. The maximum absolute atomic E-state index is 12.5. The van der Waals surface area contributed by atoms with Crippen molar-refractivity contribution in [1.29, 1.82) is 0 Å². The molecule has 6 nitrogen and oxygen atoms in total. The third-order valence-electron chi connectivity index (χ3n) is 5.34. The number of imidazole rings is 1. The van der Waals surface area contributed by atoms with E-state index in [9.17, 15) is 9.59 Å². The summed E-state index contributed by atoms with van der Waals surface area (Å²) in [5.74, 6) is 0.612. The van der Waals surface area contributed by atoms with E-state index in [1.165, 1.54) is 5.56 Å². The van der Waals surface area contributed by atoms with Crippen LogP contribution in [-0.2, 0) is 10.2 Å². The molecule has 31 heavy (non-hydrogen) atoms. The van der Waals surface area contributed by atoms with Crippen LogP contribution in [0.5, 0.6) is 0 Å². The molecule has 0 unspecified atom stereocenters. The van der Waals surface area contributed by atoms with Gasteiger partial charge in [-0.2, -0.15) is 0 Å². The van der Waals surface area contributed by atoms with Gasteiger partial charge in [-0.05, 0) is 41.2 Å². The summed E-state index contributed by atoms with van der Waals surface area (Å²) in [4.78, 5) is 32.8. The lowest BCUT2D eigenvalue weighted by molar-refractivity contribution is -0.122. The maximum Gasteiger partial charge on any atom is 0.251 e. The van der Waals surface area contributed by atoms with E-state index in [2.05, 4.69) is 41.4 Å². The molecule has 0 saturated carbocycles. The number of nitrogens with zero attached hydrogens (tertiary/aromatic N) is 1. The number of H-pyrrole nitrogens is 1. The highest BCUT2D eigenvalue weighted by molar-refractivity contribution is 5.94. The predicted octanol–water partition coefficient (Wildman–Crippen LogP) is 4.49. The molecule has 0 spiro atoms. The molecule has 1 atom stereocenters. The fourth-order valence-corrected chi connectivity index (χ4v) is 3.43. The number of aromatic amines is 1. The average Bonchev–Trinajstić information content (AvgIpc) is 3.15. The summed E-state index contributed by atoms with van der Waals surface area (Å²) in [6.45, 7) is 10.8. The third kappa shape index (κ3) is 5.72. The summed E-state index contributed by atoms with van der Waals surface area (Å²) < 4.78 is 0. The molecule has 164 valence electrons. The van der Waals surface area contributed by atoms with Gasteiger partial charge in [-0.1, -0.05) is 58.9 Å². The molecule has 6 heteroatoms. The number of carbonyl (C=O) groups is 2. The maximum atomic E-state index is 12.5. The SMILES string of the molecule is CC(C)[C@@H](NC(=O)CCNC(=O)c1ccc(C(C)(C)C)cc1)c1nc2ccccc2[nH]1. The fourth-order valence-electron chi connectivity index (χ4n) is 3.43. The lowest BCUT2D eigenvalue weighted by Gasteiger charge is -2.20. The molecule has 3 aromatic rings. The Labute approximate surface area is 183 Å². The van der Waals surface area contributed by atoms with Gasteiger partial charge in [0.2, 0.25) is 5.91 Å². The highest BCUT2D eigenvalue weighted by atomic mass is 16.2. The van der Waals surface area contributed by atoms with Crippen molar-refractivity contribution in [3.05, 3.63) is 65.5 Å². The standard InChI is InChI=1S/C25H32N4O2/c1-16(2)22(23-27-19-8-6-7-9-20(19)28-23)29-21(30)14-15-26-24(31)17-10-12-18(13-11-17)25(3,4)5/h6-13,16,22H,14-15H2,1-5H3,(H,26,31)(H,27,28)(H,29,30)/t22-/m1/s1. The molecule has 2 aromatic carbocycles. The Morgan fingerprint density at radius 2 is 1.71 bits per heavy atom. The van der Waals surface area contributed by atoms with Crippen LogP contribution in [0.25, 0.3) is 11.0 Å². The van der Waals surface area contributed by atoms with E-state index in [-0.39, 0.29) is 42.2 Å². The molecule has 0 aliphatic carbocycles. The Morgan fingerprint density at radius 3 is 2.32 bits per heavy atom. The van der Waals surface area contributed by atoms with Crippen LogP contribution in [0.2, 0.25) is 0 Å². The number of rotatable bonds is 7. The van der Waals surface area contributed by atoms with Crippen LogP contribution in [0.3, 0.4) is 0 Å². The Balaban J connectivity index is 1.54. The Morgan fingerprint density at radius 1 is 1.03 bits per heavy atom. The smallest absolute Gasteiger partial charge is 0.251 e. The number of amides is 2. The summed E-state index contributed by atoms with van der Waals surface area (Å²) in [7, 11) is 0. The number of para-hydroxylation sites is 2. The summed E-state index contributed by atoms with van der Waals surface area (Å²) in [5.41, 5.74) is 3.63. The van der Waals surface area contributed by atoms with Crippen molar-refractivity contribution in [3.63, 3.8) is 0 Å².